The summed E-state index contributed by atoms with van der Waals surface area (Å²) in [4.78, 5) is 2.44. The van der Waals surface area contributed by atoms with Gasteiger partial charge in [0.15, 0.2) is 5.11 Å². The predicted octanol–water partition coefficient (Wildman–Crippen LogP) is 2.82. The maximum Gasteiger partial charge on any atom is 0.170 e. The monoisotopic (exact) mass is 321 g/mol. The van der Waals surface area contributed by atoms with Crippen molar-refractivity contribution in [3.05, 3.63) is 29.8 Å². The Bertz CT molecular complexity index is 455. The summed E-state index contributed by atoms with van der Waals surface area (Å²) in [6, 6.07) is 8.45. The molecule has 0 spiro atoms. The largest absolute Gasteiger partial charge is 0.379 e. The van der Waals surface area contributed by atoms with E-state index in [2.05, 4.69) is 53.6 Å². The van der Waals surface area contributed by atoms with Gasteiger partial charge in [-0.25, -0.2) is 0 Å². The number of morpholine rings is 1. The molecule has 0 aromatic heterocycles. The molecule has 0 unspecified atom stereocenters. The topological polar surface area (TPSA) is 36.5 Å². The fourth-order valence-corrected chi connectivity index (χ4v) is 2.68. The van der Waals surface area contributed by atoms with Crippen molar-refractivity contribution in [3.63, 3.8) is 0 Å². The van der Waals surface area contributed by atoms with E-state index in [0.717, 1.165) is 51.5 Å². The number of thiocarbonyl (C=S) groups is 1. The van der Waals surface area contributed by atoms with Gasteiger partial charge in [0.1, 0.15) is 0 Å². The molecule has 0 radical (unpaired) electrons. The Kier molecular flexibility index (Phi) is 7.09. The van der Waals surface area contributed by atoms with E-state index in [4.69, 9.17) is 17.0 Å². The highest BCUT2D eigenvalue weighted by molar-refractivity contribution is 7.80. The number of nitrogens with one attached hydrogen (secondary N) is 2. The first-order chi connectivity index (χ1) is 10.6. The molecule has 1 aliphatic heterocycles. The second kappa shape index (κ2) is 9.08. The second-order valence-electron chi connectivity index (χ2n) is 5.97. The number of hydrogen-bond donors (Lipinski definition) is 2. The van der Waals surface area contributed by atoms with E-state index in [1.54, 1.807) is 0 Å². The Labute approximate surface area is 139 Å². The highest BCUT2D eigenvalue weighted by Crippen LogP contribution is 2.16. The summed E-state index contributed by atoms with van der Waals surface area (Å²) in [6.45, 7) is 10.2. The Morgan fingerprint density at radius 3 is 2.55 bits per heavy atom. The molecule has 4 nitrogen and oxygen atoms in total. The lowest BCUT2D eigenvalue weighted by atomic mass is 10.0. The van der Waals surface area contributed by atoms with Crippen LogP contribution < -0.4 is 10.6 Å². The normalized spacial score (nSPS) is 15.8. The van der Waals surface area contributed by atoms with Crippen molar-refractivity contribution in [1.82, 2.24) is 10.2 Å². The molecule has 2 rings (SSSR count). The minimum atomic E-state index is 0.555. The highest BCUT2D eigenvalue weighted by atomic mass is 32.1. The van der Waals surface area contributed by atoms with Gasteiger partial charge < -0.3 is 15.4 Å². The van der Waals surface area contributed by atoms with E-state index < -0.39 is 0 Å². The van der Waals surface area contributed by atoms with Crippen LogP contribution in [0.3, 0.4) is 0 Å². The summed E-state index contributed by atoms with van der Waals surface area (Å²) >= 11 is 5.33. The number of nitrogens with zero attached hydrogens (tertiary/aromatic N) is 1. The summed E-state index contributed by atoms with van der Waals surface area (Å²) in [6.07, 6.45) is 1.09. The van der Waals surface area contributed by atoms with Crippen molar-refractivity contribution in [2.45, 2.75) is 26.2 Å². The van der Waals surface area contributed by atoms with Crippen molar-refractivity contribution in [3.8, 4) is 0 Å². The number of ether oxygens (including phenoxy) is 1. The van der Waals surface area contributed by atoms with Gasteiger partial charge in [-0.1, -0.05) is 26.0 Å². The maximum atomic E-state index is 5.35. The predicted molar refractivity (Wildman–Crippen MR) is 96.6 cm³/mol. The van der Waals surface area contributed by atoms with Crippen molar-refractivity contribution < 1.29 is 4.74 Å². The third-order valence-corrected chi connectivity index (χ3v) is 4.12. The van der Waals surface area contributed by atoms with Crippen LogP contribution in [0.15, 0.2) is 24.3 Å². The van der Waals surface area contributed by atoms with Gasteiger partial charge in [-0.3, -0.25) is 4.90 Å². The first kappa shape index (κ1) is 17.2. The second-order valence-corrected chi connectivity index (χ2v) is 6.37. The van der Waals surface area contributed by atoms with Crippen molar-refractivity contribution in [2.24, 2.45) is 0 Å². The average Bonchev–Trinajstić information content (AvgIpc) is 2.53. The van der Waals surface area contributed by atoms with Crippen LogP contribution in [-0.4, -0.2) is 49.4 Å². The summed E-state index contributed by atoms with van der Waals surface area (Å²) < 4.78 is 5.35. The Morgan fingerprint density at radius 1 is 1.23 bits per heavy atom. The Balaban J connectivity index is 1.62. The Hall–Kier alpha value is -1.17. The first-order valence-corrected chi connectivity index (χ1v) is 8.51. The molecule has 1 aromatic rings. The molecule has 1 aromatic carbocycles. The van der Waals surface area contributed by atoms with Crippen LogP contribution in [0, 0.1) is 0 Å². The first-order valence-electron chi connectivity index (χ1n) is 8.10. The van der Waals surface area contributed by atoms with Crippen LogP contribution in [0.5, 0.6) is 0 Å². The SMILES string of the molecule is CC(C)c1ccc(NC(=S)NCCCN2CCOCC2)cc1. The van der Waals surface area contributed by atoms with E-state index in [1.165, 1.54) is 5.56 Å². The minimum absolute atomic E-state index is 0.555. The van der Waals surface area contributed by atoms with Crippen LogP contribution in [-0.2, 0) is 4.74 Å². The van der Waals surface area contributed by atoms with Crippen molar-refractivity contribution >= 4 is 23.0 Å². The van der Waals surface area contributed by atoms with Crippen LogP contribution in [0.4, 0.5) is 5.69 Å². The van der Waals surface area contributed by atoms with Gasteiger partial charge in [0, 0.05) is 25.3 Å². The van der Waals surface area contributed by atoms with E-state index in [0.29, 0.717) is 11.0 Å². The highest BCUT2D eigenvalue weighted by Gasteiger charge is 2.09. The van der Waals surface area contributed by atoms with Crippen LogP contribution in [0.25, 0.3) is 0 Å². The maximum absolute atomic E-state index is 5.35. The van der Waals surface area contributed by atoms with Crippen LogP contribution >= 0.6 is 12.2 Å². The van der Waals surface area contributed by atoms with Crippen molar-refractivity contribution in [1.29, 1.82) is 0 Å². The average molecular weight is 321 g/mol. The third-order valence-electron chi connectivity index (χ3n) is 3.88. The molecular formula is C17H27N3OS. The Morgan fingerprint density at radius 2 is 1.91 bits per heavy atom. The lowest BCUT2D eigenvalue weighted by molar-refractivity contribution is 0.0376. The molecule has 1 saturated heterocycles. The van der Waals surface area contributed by atoms with Gasteiger partial charge in [-0.15, -0.1) is 0 Å². The molecule has 0 bridgehead atoms. The lowest BCUT2D eigenvalue weighted by Gasteiger charge is -2.26. The van der Waals surface area contributed by atoms with Gasteiger partial charge in [-0.05, 0) is 48.8 Å². The molecule has 1 fully saturated rings. The van der Waals surface area contributed by atoms with Crippen molar-refractivity contribution in [2.75, 3.05) is 44.7 Å². The quantitative estimate of drug-likeness (QED) is 0.622. The van der Waals surface area contributed by atoms with Gasteiger partial charge in [0.2, 0.25) is 0 Å². The third kappa shape index (κ3) is 5.91. The van der Waals surface area contributed by atoms with E-state index in [-0.39, 0.29) is 0 Å². The molecule has 1 heterocycles. The zero-order valence-corrected chi connectivity index (χ0v) is 14.4. The van der Waals surface area contributed by atoms with E-state index in [1.807, 2.05) is 0 Å². The molecule has 0 amide bonds. The molecule has 22 heavy (non-hydrogen) atoms. The fourth-order valence-electron chi connectivity index (χ4n) is 2.46. The number of benzene rings is 1. The molecule has 2 N–H and O–H groups in total. The minimum Gasteiger partial charge on any atom is -0.379 e. The standard InChI is InChI=1S/C17H27N3OS/c1-14(2)15-4-6-16(7-5-15)19-17(22)18-8-3-9-20-10-12-21-13-11-20/h4-7,14H,3,8-13H2,1-2H3,(H2,18,19,22). The molecule has 5 heteroatoms. The smallest absolute Gasteiger partial charge is 0.170 e. The zero-order chi connectivity index (χ0) is 15.8. The number of anilines is 1. The summed E-state index contributed by atoms with van der Waals surface area (Å²) in [5, 5.41) is 7.20. The number of rotatable bonds is 6. The molecular weight excluding hydrogens is 294 g/mol. The van der Waals surface area contributed by atoms with E-state index in [9.17, 15) is 0 Å². The molecule has 1 aliphatic rings. The summed E-state index contributed by atoms with van der Waals surface area (Å²) in [7, 11) is 0. The molecule has 0 aliphatic carbocycles. The van der Waals surface area contributed by atoms with E-state index >= 15 is 0 Å². The van der Waals surface area contributed by atoms with Crippen LogP contribution in [0.2, 0.25) is 0 Å². The van der Waals surface area contributed by atoms with Gasteiger partial charge in [-0.2, -0.15) is 0 Å². The number of hydrogen-bond acceptors (Lipinski definition) is 3. The lowest BCUT2D eigenvalue weighted by Crippen LogP contribution is -2.38. The summed E-state index contributed by atoms with van der Waals surface area (Å²) in [5.41, 5.74) is 2.38. The zero-order valence-electron chi connectivity index (χ0n) is 13.6. The molecule has 0 saturated carbocycles. The summed E-state index contributed by atoms with van der Waals surface area (Å²) in [5.74, 6) is 0.555. The molecule has 122 valence electrons. The van der Waals surface area contributed by atoms with Gasteiger partial charge in [0.25, 0.3) is 0 Å². The molecule has 0 atom stereocenters. The van der Waals surface area contributed by atoms with Gasteiger partial charge in [0.05, 0.1) is 13.2 Å². The van der Waals surface area contributed by atoms with Gasteiger partial charge >= 0.3 is 0 Å². The van der Waals surface area contributed by atoms with Crippen LogP contribution in [0.1, 0.15) is 31.7 Å². The fraction of sp³-hybridized carbons (Fsp3) is 0.588.